The summed E-state index contributed by atoms with van der Waals surface area (Å²) in [6, 6.07) is 20.7. The lowest BCUT2D eigenvalue weighted by molar-refractivity contribution is 0.100. The van der Waals surface area contributed by atoms with Crippen molar-refractivity contribution in [3.63, 3.8) is 0 Å². The van der Waals surface area contributed by atoms with Gasteiger partial charge in [0.05, 0.1) is 11.9 Å². The minimum absolute atomic E-state index is 0.0368. The normalized spacial score (nSPS) is 15.2. The lowest BCUT2D eigenvalue weighted by atomic mass is 9.90. The summed E-state index contributed by atoms with van der Waals surface area (Å²) in [5.74, 6) is -0.0368. The van der Waals surface area contributed by atoms with Gasteiger partial charge >= 0.3 is 0 Å². The molecule has 0 spiro atoms. The second-order valence-electron chi connectivity index (χ2n) is 11.2. The summed E-state index contributed by atoms with van der Waals surface area (Å²) >= 11 is 0. The number of benzene rings is 3. The number of fused-ring (bicyclic) bond motifs is 2. The minimum Gasteiger partial charge on any atom is -0.382 e. The van der Waals surface area contributed by atoms with Crippen LogP contribution in [0.2, 0.25) is 0 Å². The van der Waals surface area contributed by atoms with Crippen LogP contribution in [-0.2, 0) is 12.8 Å². The van der Waals surface area contributed by atoms with E-state index < -0.39 is 0 Å². The molecule has 3 aromatic carbocycles. The van der Waals surface area contributed by atoms with E-state index in [1.54, 1.807) is 0 Å². The first kappa shape index (κ1) is 26.0. The molecule has 0 radical (unpaired) electrons. The monoisotopic (exact) mass is 528 g/mol. The highest BCUT2D eigenvalue weighted by atomic mass is 16.1. The van der Waals surface area contributed by atoms with Gasteiger partial charge in [0.2, 0.25) is 0 Å². The minimum atomic E-state index is -0.0368. The van der Waals surface area contributed by atoms with E-state index in [4.69, 9.17) is 5.41 Å². The number of aromatic nitrogens is 2. The Kier molecular flexibility index (Phi) is 7.45. The lowest BCUT2D eigenvalue weighted by Crippen LogP contribution is -2.22. The van der Waals surface area contributed by atoms with Crippen LogP contribution in [0.25, 0.3) is 22.6 Å². The Hall–Kier alpha value is -4.25. The molecule has 5 heteroatoms. The van der Waals surface area contributed by atoms with E-state index in [1.807, 2.05) is 36.4 Å². The van der Waals surface area contributed by atoms with Crippen LogP contribution in [0.15, 0.2) is 73.3 Å². The molecule has 2 aliphatic rings. The molecule has 1 heterocycles. The molecule has 5 nitrogen and oxygen atoms in total. The lowest BCUT2D eigenvalue weighted by Gasteiger charge is -2.24. The van der Waals surface area contributed by atoms with Crippen molar-refractivity contribution >= 4 is 39.7 Å². The molecule has 0 saturated heterocycles. The maximum Gasteiger partial charge on any atom is 0.168 e. The molecule has 40 heavy (non-hydrogen) atoms. The van der Waals surface area contributed by atoms with E-state index >= 15 is 0 Å². The second kappa shape index (κ2) is 11.5. The number of H-pyrrole nitrogens is 1. The zero-order chi connectivity index (χ0) is 27.5. The van der Waals surface area contributed by atoms with E-state index in [9.17, 15) is 4.79 Å². The first-order valence-corrected chi connectivity index (χ1v) is 14.5. The Balaban J connectivity index is 1.09. The highest BCUT2D eigenvalue weighted by Gasteiger charge is 2.17. The number of nitrogens with one attached hydrogen (secondary N) is 3. The summed E-state index contributed by atoms with van der Waals surface area (Å²) in [6.45, 7) is 4.11. The molecule has 6 rings (SSSR count). The summed E-state index contributed by atoms with van der Waals surface area (Å²) in [6.07, 6.45) is 13.2. The van der Waals surface area contributed by atoms with E-state index in [0.717, 1.165) is 52.7 Å². The van der Waals surface area contributed by atoms with Crippen LogP contribution < -0.4 is 5.32 Å². The van der Waals surface area contributed by atoms with Crippen molar-refractivity contribution in [1.82, 2.24) is 10.2 Å². The molecule has 1 aromatic heterocycles. The highest BCUT2D eigenvalue weighted by Crippen LogP contribution is 2.30. The first-order valence-electron chi connectivity index (χ1n) is 14.5. The van der Waals surface area contributed by atoms with Crippen LogP contribution in [0.5, 0.6) is 0 Å². The fourth-order valence-corrected chi connectivity index (χ4v) is 6.04. The maximum atomic E-state index is 13.0. The number of aryl methyl sites for hydroxylation is 2. The van der Waals surface area contributed by atoms with Crippen LogP contribution in [-0.4, -0.2) is 27.7 Å². The largest absolute Gasteiger partial charge is 0.382 e. The van der Waals surface area contributed by atoms with Crippen LogP contribution in [0.4, 0.5) is 5.69 Å². The van der Waals surface area contributed by atoms with Crippen molar-refractivity contribution in [3.8, 4) is 0 Å². The number of Topliss-reactive ketones (excluding diaryl/α,β-unsaturated/α-hetero) is 1. The predicted octanol–water partition coefficient (Wildman–Crippen LogP) is 8.16. The fourth-order valence-electron chi connectivity index (χ4n) is 6.04. The number of carbonyl (C=O) groups is 1. The van der Waals surface area contributed by atoms with E-state index in [-0.39, 0.29) is 12.2 Å². The van der Waals surface area contributed by atoms with Gasteiger partial charge in [0.1, 0.15) is 0 Å². The standard InChI is InChI=1S/C35H36N4O/c1-23-7-5-8-26-21-27(18-19-29(23)26)34(40)22-30(36)25-16-13-24(14-17-25)15-20-33-35-31(11-6-12-32(35)38-39-33)37-28-9-3-2-4-10-28/h5-6,8,11-14,16-19,21,28,36-37H,1-4,7,9-10,15,20,22H2,(H,38,39). The zero-order valence-corrected chi connectivity index (χ0v) is 22.9. The predicted molar refractivity (Wildman–Crippen MR) is 165 cm³/mol. The van der Waals surface area contributed by atoms with Gasteiger partial charge in [-0.2, -0.15) is 5.10 Å². The zero-order valence-electron chi connectivity index (χ0n) is 22.9. The molecule has 1 saturated carbocycles. The molecule has 0 amide bonds. The van der Waals surface area contributed by atoms with Gasteiger partial charge in [-0.05, 0) is 78.1 Å². The van der Waals surface area contributed by atoms with Crippen LogP contribution in [0, 0.1) is 5.41 Å². The Morgan fingerprint density at radius 2 is 1.80 bits per heavy atom. The van der Waals surface area contributed by atoms with Gasteiger partial charge in [0.15, 0.2) is 5.78 Å². The summed E-state index contributed by atoms with van der Waals surface area (Å²) in [4.78, 5) is 13.0. The van der Waals surface area contributed by atoms with Crippen LogP contribution >= 0.6 is 0 Å². The van der Waals surface area contributed by atoms with Gasteiger partial charge < -0.3 is 10.7 Å². The Morgan fingerprint density at radius 3 is 2.62 bits per heavy atom. The Morgan fingerprint density at radius 1 is 1.00 bits per heavy atom. The first-order chi connectivity index (χ1) is 19.5. The van der Waals surface area contributed by atoms with E-state index in [1.165, 1.54) is 48.7 Å². The number of aromatic amines is 1. The van der Waals surface area contributed by atoms with E-state index in [0.29, 0.717) is 17.3 Å². The van der Waals surface area contributed by atoms with Crippen molar-refractivity contribution in [3.05, 3.63) is 107 Å². The fraction of sp³-hybridized carbons (Fsp3) is 0.286. The molecule has 0 atom stereocenters. The molecule has 0 bridgehead atoms. The molecule has 2 aliphatic carbocycles. The summed E-state index contributed by atoms with van der Waals surface area (Å²) in [7, 11) is 0. The summed E-state index contributed by atoms with van der Waals surface area (Å²) in [5, 5.41) is 21.4. The molecular weight excluding hydrogens is 492 g/mol. The summed E-state index contributed by atoms with van der Waals surface area (Å²) < 4.78 is 0. The summed E-state index contributed by atoms with van der Waals surface area (Å²) in [5.41, 5.74) is 9.51. The SMILES string of the molecule is C=C1CC=Cc2cc(C(=O)CC(=N)c3ccc(CCc4[nH]nc5cccc(NC6CCCCC6)c45)cc3)ccc21. The van der Waals surface area contributed by atoms with Gasteiger partial charge in [-0.1, -0.05) is 80.5 Å². The topological polar surface area (TPSA) is 81.6 Å². The van der Waals surface area contributed by atoms with Crippen molar-refractivity contribution in [2.24, 2.45) is 0 Å². The molecule has 4 aromatic rings. The molecule has 0 unspecified atom stereocenters. The van der Waals surface area contributed by atoms with Crippen LogP contribution in [0.1, 0.15) is 83.3 Å². The highest BCUT2D eigenvalue weighted by molar-refractivity contribution is 6.14. The van der Waals surface area contributed by atoms with E-state index in [2.05, 4.69) is 58.5 Å². The van der Waals surface area contributed by atoms with Gasteiger partial charge in [0, 0.05) is 34.1 Å². The molecular formula is C35H36N4O. The Labute approximate surface area is 235 Å². The number of nitrogens with zero attached hydrogens (tertiary/aromatic N) is 1. The van der Waals surface area contributed by atoms with Gasteiger partial charge in [-0.25, -0.2) is 0 Å². The molecule has 0 aliphatic heterocycles. The number of hydrogen-bond donors (Lipinski definition) is 3. The average molecular weight is 529 g/mol. The third-order valence-corrected chi connectivity index (χ3v) is 8.34. The third kappa shape index (κ3) is 5.55. The number of carbonyl (C=O) groups excluding carboxylic acids is 1. The number of hydrogen-bond acceptors (Lipinski definition) is 4. The molecule has 1 fully saturated rings. The van der Waals surface area contributed by atoms with Crippen molar-refractivity contribution in [1.29, 1.82) is 5.41 Å². The number of anilines is 1. The molecule has 3 N–H and O–H groups in total. The van der Waals surface area contributed by atoms with Gasteiger partial charge in [-0.3, -0.25) is 9.89 Å². The Bertz CT molecular complexity index is 1600. The van der Waals surface area contributed by atoms with Crippen molar-refractivity contribution < 1.29 is 4.79 Å². The van der Waals surface area contributed by atoms with Crippen LogP contribution in [0.3, 0.4) is 0 Å². The average Bonchev–Trinajstić information content (AvgIpc) is 3.41. The maximum absolute atomic E-state index is 13.0. The number of allylic oxidation sites excluding steroid dienone is 2. The third-order valence-electron chi connectivity index (χ3n) is 8.34. The van der Waals surface area contributed by atoms with Crippen molar-refractivity contribution in [2.75, 3.05) is 5.32 Å². The number of rotatable bonds is 9. The number of ketones is 1. The van der Waals surface area contributed by atoms with Crippen molar-refractivity contribution in [2.45, 2.75) is 63.8 Å². The smallest absolute Gasteiger partial charge is 0.168 e. The van der Waals surface area contributed by atoms with Gasteiger partial charge in [0.25, 0.3) is 0 Å². The second-order valence-corrected chi connectivity index (χ2v) is 11.2. The molecule has 202 valence electrons. The van der Waals surface area contributed by atoms with Gasteiger partial charge in [-0.15, -0.1) is 0 Å². The quantitative estimate of drug-likeness (QED) is 0.151.